The van der Waals surface area contributed by atoms with Crippen LogP contribution in [0.3, 0.4) is 0 Å². The number of benzene rings is 3. The monoisotopic (exact) mass is 430 g/mol. The molecule has 0 aliphatic heterocycles. The molecular formula is C24H22N4O2S. The first-order valence-corrected chi connectivity index (χ1v) is 10.2. The summed E-state index contributed by atoms with van der Waals surface area (Å²) in [4.78, 5) is 0. The highest BCUT2D eigenvalue weighted by Crippen LogP contribution is 2.28. The minimum absolute atomic E-state index is 0.417. The van der Waals surface area contributed by atoms with Crippen molar-refractivity contribution in [1.29, 1.82) is 0 Å². The molecule has 31 heavy (non-hydrogen) atoms. The molecule has 0 aliphatic carbocycles. The highest BCUT2D eigenvalue weighted by molar-refractivity contribution is 7.71. The van der Waals surface area contributed by atoms with Crippen LogP contribution < -0.4 is 9.47 Å². The molecule has 1 N–H and O–H groups in total. The molecule has 0 bridgehead atoms. The van der Waals surface area contributed by atoms with Crippen LogP contribution in [0.4, 0.5) is 0 Å². The Labute approximate surface area is 185 Å². The second-order valence-corrected chi connectivity index (χ2v) is 7.35. The van der Waals surface area contributed by atoms with Gasteiger partial charge in [0.2, 0.25) is 4.77 Å². The largest absolute Gasteiger partial charge is 0.493 e. The van der Waals surface area contributed by atoms with Gasteiger partial charge in [0.05, 0.1) is 13.3 Å². The van der Waals surface area contributed by atoms with Crippen LogP contribution in [0.5, 0.6) is 11.5 Å². The summed E-state index contributed by atoms with van der Waals surface area (Å²) in [5, 5.41) is 11.7. The molecule has 0 unspecified atom stereocenters. The van der Waals surface area contributed by atoms with Gasteiger partial charge in [0.1, 0.15) is 6.61 Å². The number of hydrogen-bond acceptors (Lipinski definition) is 5. The molecule has 3 aromatic carbocycles. The predicted molar refractivity (Wildman–Crippen MR) is 124 cm³/mol. The van der Waals surface area contributed by atoms with Crippen molar-refractivity contribution in [2.24, 2.45) is 5.10 Å². The topological polar surface area (TPSA) is 64.4 Å². The lowest BCUT2D eigenvalue weighted by atomic mass is 10.1. The maximum Gasteiger partial charge on any atom is 0.216 e. The van der Waals surface area contributed by atoms with Crippen molar-refractivity contribution in [1.82, 2.24) is 14.9 Å². The minimum Gasteiger partial charge on any atom is -0.493 e. The number of aromatic amines is 1. The van der Waals surface area contributed by atoms with Gasteiger partial charge >= 0.3 is 0 Å². The zero-order chi connectivity index (χ0) is 21.6. The van der Waals surface area contributed by atoms with Crippen molar-refractivity contribution in [2.75, 3.05) is 7.11 Å². The third kappa shape index (κ3) is 4.90. The number of ether oxygens (including phenoxy) is 2. The molecule has 4 aromatic rings. The summed E-state index contributed by atoms with van der Waals surface area (Å²) in [7, 11) is 1.62. The third-order valence-electron chi connectivity index (χ3n) is 4.71. The average Bonchev–Trinajstić information content (AvgIpc) is 3.17. The zero-order valence-electron chi connectivity index (χ0n) is 17.3. The molecule has 4 rings (SSSR count). The second kappa shape index (κ2) is 9.40. The Bertz CT molecular complexity index is 1240. The number of aromatic nitrogens is 3. The average molecular weight is 431 g/mol. The highest BCUT2D eigenvalue weighted by atomic mass is 32.1. The maximum absolute atomic E-state index is 5.99. The van der Waals surface area contributed by atoms with E-state index in [-0.39, 0.29) is 0 Å². The fraction of sp³-hybridized carbons (Fsp3) is 0.125. The zero-order valence-corrected chi connectivity index (χ0v) is 18.1. The van der Waals surface area contributed by atoms with E-state index in [1.807, 2.05) is 79.7 Å². The summed E-state index contributed by atoms with van der Waals surface area (Å²) >= 11 is 5.36. The van der Waals surface area contributed by atoms with E-state index in [0.29, 0.717) is 28.7 Å². The number of aryl methyl sites for hydroxylation is 1. The van der Waals surface area contributed by atoms with Gasteiger partial charge in [-0.1, -0.05) is 60.2 Å². The molecule has 0 amide bonds. The number of rotatable bonds is 7. The van der Waals surface area contributed by atoms with E-state index >= 15 is 0 Å². The van der Waals surface area contributed by atoms with E-state index in [9.17, 15) is 0 Å². The van der Waals surface area contributed by atoms with Crippen LogP contribution in [-0.4, -0.2) is 28.2 Å². The van der Waals surface area contributed by atoms with Gasteiger partial charge in [0.15, 0.2) is 17.3 Å². The summed E-state index contributed by atoms with van der Waals surface area (Å²) in [6.45, 7) is 2.49. The van der Waals surface area contributed by atoms with Crippen LogP contribution in [0.25, 0.3) is 11.4 Å². The number of H-pyrrole nitrogens is 1. The van der Waals surface area contributed by atoms with Crippen LogP contribution >= 0.6 is 12.2 Å². The van der Waals surface area contributed by atoms with Crippen LogP contribution in [0.15, 0.2) is 77.9 Å². The van der Waals surface area contributed by atoms with E-state index in [1.54, 1.807) is 18.0 Å². The van der Waals surface area contributed by atoms with Crippen molar-refractivity contribution in [3.63, 3.8) is 0 Å². The lowest BCUT2D eigenvalue weighted by Gasteiger charge is -2.11. The van der Waals surface area contributed by atoms with Gasteiger partial charge < -0.3 is 9.47 Å². The van der Waals surface area contributed by atoms with Gasteiger partial charge in [-0.05, 0) is 48.5 Å². The summed E-state index contributed by atoms with van der Waals surface area (Å²) < 4.78 is 13.4. The number of nitrogens with zero attached hydrogens (tertiary/aromatic N) is 3. The lowest BCUT2D eigenvalue weighted by molar-refractivity contribution is 0.284. The Hall–Kier alpha value is -3.71. The first-order chi connectivity index (χ1) is 15.1. The Morgan fingerprint density at radius 2 is 1.81 bits per heavy atom. The van der Waals surface area contributed by atoms with E-state index in [2.05, 4.69) is 15.3 Å². The molecule has 6 nitrogen and oxygen atoms in total. The van der Waals surface area contributed by atoms with E-state index in [0.717, 1.165) is 16.7 Å². The molecule has 0 saturated carbocycles. The van der Waals surface area contributed by atoms with Crippen molar-refractivity contribution in [2.45, 2.75) is 13.5 Å². The van der Waals surface area contributed by atoms with E-state index in [4.69, 9.17) is 21.7 Å². The normalized spacial score (nSPS) is 11.0. The molecule has 7 heteroatoms. The van der Waals surface area contributed by atoms with E-state index < -0.39 is 0 Å². The number of methoxy groups -OCH3 is 1. The molecule has 0 saturated heterocycles. The first kappa shape index (κ1) is 20.6. The van der Waals surface area contributed by atoms with Gasteiger partial charge in [0, 0.05) is 5.56 Å². The molecule has 0 radical (unpaired) electrons. The van der Waals surface area contributed by atoms with Crippen LogP contribution in [-0.2, 0) is 6.61 Å². The molecule has 0 spiro atoms. The summed E-state index contributed by atoms with van der Waals surface area (Å²) in [5.74, 6) is 1.95. The Morgan fingerprint density at radius 3 is 2.55 bits per heavy atom. The molecule has 1 aromatic heterocycles. The molecule has 1 heterocycles. The number of hydrogen-bond donors (Lipinski definition) is 1. The smallest absolute Gasteiger partial charge is 0.216 e. The Kier molecular flexibility index (Phi) is 6.24. The third-order valence-corrected chi connectivity index (χ3v) is 4.97. The van der Waals surface area contributed by atoms with Gasteiger partial charge in [-0.15, -0.1) is 0 Å². The van der Waals surface area contributed by atoms with Gasteiger partial charge in [-0.3, -0.25) is 0 Å². The summed E-state index contributed by atoms with van der Waals surface area (Å²) in [5.41, 5.74) is 4.03. The van der Waals surface area contributed by atoms with Gasteiger partial charge in [0.25, 0.3) is 0 Å². The quantitative estimate of drug-likeness (QED) is 0.316. The minimum atomic E-state index is 0.417. The van der Waals surface area contributed by atoms with Gasteiger partial charge in [-0.2, -0.15) is 14.9 Å². The molecule has 0 atom stereocenters. The Balaban J connectivity index is 1.59. The van der Waals surface area contributed by atoms with Crippen molar-refractivity contribution in [3.05, 3.63) is 94.3 Å². The molecule has 156 valence electrons. The molecule has 0 aliphatic rings. The van der Waals surface area contributed by atoms with Crippen molar-refractivity contribution in [3.8, 4) is 22.9 Å². The first-order valence-electron chi connectivity index (χ1n) is 9.77. The van der Waals surface area contributed by atoms with E-state index in [1.165, 1.54) is 5.56 Å². The number of nitrogens with one attached hydrogen (secondary N) is 1. The fourth-order valence-electron chi connectivity index (χ4n) is 3.03. The van der Waals surface area contributed by atoms with Crippen molar-refractivity contribution < 1.29 is 9.47 Å². The standard InChI is InChI=1S/C24H22N4O2S/c1-17-8-11-20(12-9-17)23-26-27-24(31)28(23)25-15-19-10-13-21(29-2)22(14-19)30-16-18-6-4-3-5-7-18/h3-15H,16H2,1-2H3,(H,27,31)/b25-15+. The van der Waals surface area contributed by atoms with Crippen LogP contribution in [0, 0.1) is 11.7 Å². The second-order valence-electron chi connectivity index (χ2n) is 6.96. The Morgan fingerprint density at radius 1 is 1.03 bits per heavy atom. The molecular weight excluding hydrogens is 408 g/mol. The van der Waals surface area contributed by atoms with Gasteiger partial charge in [-0.25, -0.2) is 5.10 Å². The fourth-order valence-corrected chi connectivity index (χ4v) is 3.21. The van der Waals surface area contributed by atoms with Crippen molar-refractivity contribution >= 4 is 18.4 Å². The predicted octanol–water partition coefficient (Wildman–Crippen LogP) is 5.39. The van der Waals surface area contributed by atoms with Crippen LogP contribution in [0.2, 0.25) is 0 Å². The maximum atomic E-state index is 5.99. The highest BCUT2D eigenvalue weighted by Gasteiger charge is 2.09. The SMILES string of the molecule is COc1ccc(/C=N/n2c(-c3ccc(C)cc3)n[nH]c2=S)cc1OCc1ccccc1. The molecule has 0 fully saturated rings. The lowest BCUT2D eigenvalue weighted by Crippen LogP contribution is -1.99. The summed E-state index contributed by atoms with van der Waals surface area (Å²) in [6.07, 6.45) is 1.72. The summed E-state index contributed by atoms with van der Waals surface area (Å²) in [6, 6.07) is 23.7. The van der Waals surface area contributed by atoms with Crippen LogP contribution in [0.1, 0.15) is 16.7 Å².